The molecular weight excluding hydrogens is 387 g/mol. The first kappa shape index (κ1) is 20.5. The number of carbonyl (C=O) groups is 1. The summed E-state index contributed by atoms with van der Waals surface area (Å²) in [6.45, 7) is 4.17. The first-order chi connectivity index (χ1) is 13.5. The van der Waals surface area contributed by atoms with Crippen LogP contribution in [0.3, 0.4) is 0 Å². The molecule has 0 N–H and O–H groups in total. The monoisotopic (exact) mass is 410 g/mol. The lowest BCUT2D eigenvalue weighted by atomic mass is 9.95. The quantitative estimate of drug-likeness (QED) is 0.733. The van der Waals surface area contributed by atoms with Crippen molar-refractivity contribution in [1.29, 1.82) is 0 Å². The highest BCUT2D eigenvalue weighted by molar-refractivity contribution is 6.33. The van der Waals surface area contributed by atoms with Crippen LogP contribution in [0.25, 0.3) is 0 Å². The van der Waals surface area contributed by atoms with Crippen LogP contribution in [0.5, 0.6) is 0 Å². The third-order valence-corrected chi connectivity index (χ3v) is 5.41. The summed E-state index contributed by atoms with van der Waals surface area (Å²) in [6.07, 6.45) is 1.30. The summed E-state index contributed by atoms with van der Waals surface area (Å²) in [4.78, 5) is 26.8. The third kappa shape index (κ3) is 3.98. The number of rotatable bonds is 6. The van der Waals surface area contributed by atoms with Crippen molar-refractivity contribution in [2.45, 2.75) is 38.8 Å². The molecule has 152 valence electrons. The van der Waals surface area contributed by atoms with E-state index in [-0.39, 0.29) is 22.2 Å². The maximum absolute atomic E-state index is 14.1. The second kappa shape index (κ2) is 8.87. The molecule has 0 spiro atoms. The smallest absolute Gasteiger partial charge is 0.345 e. The molecule has 7 nitrogen and oxygen atoms in total. The molecule has 9 heteroatoms. The molecule has 3 rings (SSSR count). The van der Waals surface area contributed by atoms with Gasteiger partial charge in [-0.3, -0.25) is 9.36 Å². The Morgan fingerprint density at radius 2 is 2.07 bits per heavy atom. The van der Waals surface area contributed by atoms with Gasteiger partial charge in [0.25, 0.3) is 5.91 Å². The van der Waals surface area contributed by atoms with E-state index in [0.717, 1.165) is 5.82 Å². The lowest BCUT2D eigenvalue weighted by Gasteiger charge is -2.31. The molecule has 0 aliphatic carbocycles. The summed E-state index contributed by atoms with van der Waals surface area (Å²) in [6, 6.07) is 4.22. The minimum absolute atomic E-state index is 0.0663. The number of amides is 1. The zero-order valence-electron chi connectivity index (χ0n) is 16.0. The number of methoxy groups -OCH3 is 1. The Hall–Kier alpha value is -2.19. The van der Waals surface area contributed by atoms with Crippen molar-refractivity contribution in [3.63, 3.8) is 0 Å². The SMILES string of the molecule is CCn1c(C2CCN(C(=O)c3c(F)cccc3Cl)CC2)nn(CCOC)c1=O. The number of ether oxygens (including phenoxy) is 1. The first-order valence-corrected chi connectivity index (χ1v) is 9.75. The molecule has 1 aromatic carbocycles. The van der Waals surface area contributed by atoms with Crippen LogP contribution in [0.15, 0.2) is 23.0 Å². The second-order valence-corrected chi connectivity index (χ2v) is 7.17. The zero-order valence-corrected chi connectivity index (χ0v) is 16.8. The number of benzene rings is 1. The number of likely N-dealkylation sites (tertiary alicyclic amines) is 1. The largest absolute Gasteiger partial charge is 0.383 e. The van der Waals surface area contributed by atoms with E-state index in [1.54, 1.807) is 16.6 Å². The third-order valence-electron chi connectivity index (χ3n) is 5.10. The summed E-state index contributed by atoms with van der Waals surface area (Å²) in [5, 5.41) is 4.62. The molecule has 1 amide bonds. The van der Waals surface area contributed by atoms with Gasteiger partial charge in [0.15, 0.2) is 0 Å². The second-order valence-electron chi connectivity index (χ2n) is 6.76. The van der Waals surface area contributed by atoms with Crippen LogP contribution in [-0.4, -0.2) is 52.0 Å². The number of hydrogen-bond acceptors (Lipinski definition) is 4. The van der Waals surface area contributed by atoms with Crippen LogP contribution in [0.4, 0.5) is 4.39 Å². The number of carbonyl (C=O) groups excluding carboxylic acids is 1. The van der Waals surface area contributed by atoms with Gasteiger partial charge in [-0.2, -0.15) is 5.10 Å². The first-order valence-electron chi connectivity index (χ1n) is 9.37. The highest BCUT2D eigenvalue weighted by Crippen LogP contribution is 2.28. The summed E-state index contributed by atoms with van der Waals surface area (Å²) < 4.78 is 22.2. The fraction of sp³-hybridized carbons (Fsp3) is 0.526. The van der Waals surface area contributed by atoms with Crippen LogP contribution < -0.4 is 5.69 Å². The standard InChI is InChI=1S/C19H24ClFN4O3/c1-3-24-17(22-25(19(24)27)11-12-28-2)13-7-9-23(10-8-13)18(26)16-14(20)5-4-6-15(16)21/h4-6,13H,3,7-12H2,1-2H3. The Bertz CT molecular complexity index is 883. The molecule has 2 heterocycles. The van der Waals surface area contributed by atoms with Gasteiger partial charge < -0.3 is 9.64 Å². The van der Waals surface area contributed by atoms with E-state index in [1.807, 2.05) is 6.92 Å². The molecule has 1 aliphatic rings. The normalized spacial score (nSPS) is 15.2. The highest BCUT2D eigenvalue weighted by Gasteiger charge is 2.30. The Morgan fingerprint density at radius 1 is 1.36 bits per heavy atom. The van der Waals surface area contributed by atoms with Crippen LogP contribution in [0, 0.1) is 5.82 Å². The topological polar surface area (TPSA) is 69.4 Å². The van der Waals surface area contributed by atoms with E-state index in [1.165, 1.54) is 22.9 Å². The van der Waals surface area contributed by atoms with Gasteiger partial charge in [-0.15, -0.1) is 0 Å². The minimum Gasteiger partial charge on any atom is -0.383 e. The van der Waals surface area contributed by atoms with Crippen molar-refractivity contribution >= 4 is 17.5 Å². The van der Waals surface area contributed by atoms with E-state index in [2.05, 4.69) is 5.10 Å². The maximum atomic E-state index is 14.1. The molecule has 1 aromatic heterocycles. The molecule has 2 aromatic rings. The summed E-state index contributed by atoms with van der Waals surface area (Å²) in [5.41, 5.74) is -0.233. The number of halogens is 2. The predicted molar refractivity (Wildman–Crippen MR) is 103 cm³/mol. The molecule has 0 radical (unpaired) electrons. The average molecular weight is 411 g/mol. The lowest BCUT2D eigenvalue weighted by Crippen LogP contribution is -2.39. The molecular formula is C19H24ClFN4O3. The van der Waals surface area contributed by atoms with Gasteiger partial charge in [-0.1, -0.05) is 17.7 Å². The summed E-state index contributed by atoms with van der Waals surface area (Å²) in [5.74, 6) is -0.215. The molecule has 0 saturated carbocycles. The minimum atomic E-state index is -0.615. The fourth-order valence-corrected chi connectivity index (χ4v) is 3.83. The maximum Gasteiger partial charge on any atom is 0.345 e. The van der Waals surface area contributed by atoms with Crippen molar-refractivity contribution < 1.29 is 13.9 Å². The molecule has 0 bridgehead atoms. The van der Waals surface area contributed by atoms with Gasteiger partial charge in [0, 0.05) is 32.7 Å². The van der Waals surface area contributed by atoms with Gasteiger partial charge >= 0.3 is 5.69 Å². The summed E-state index contributed by atoms with van der Waals surface area (Å²) in [7, 11) is 1.58. The summed E-state index contributed by atoms with van der Waals surface area (Å²) >= 11 is 6.02. The molecule has 1 aliphatic heterocycles. The van der Waals surface area contributed by atoms with Gasteiger partial charge in [-0.25, -0.2) is 13.9 Å². The number of aromatic nitrogens is 3. The molecule has 1 saturated heterocycles. The van der Waals surface area contributed by atoms with E-state index >= 15 is 0 Å². The van der Waals surface area contributed by atoms with Crippen molar-refractivity contribution in [3.8, 4) is 0 Å². The lowest BCUT2D eigenvalue weighted by molar-refractivity contribution is 0.0705. The Balaban J connectivity index is 1.74. The van der Waals surface area contributed by atoms with Crippen molar-refractivity contribution in [2.24, 2.45) is 0 Å². The van der Waals surface area contributed by atoms with Crippen LogP contribution in [0.1, 0.15) is 41.9 Å². The van der Waals surface area contributed by atoms with Crippen LogP contribution in [-0.2, 0) is 17.8 Å². The van der Waals surface area contributed by atoms with Gasteiger partial charge in [0.1, 0.15) is 11.6 Å². The average Bonchev–Trinajstić information content (AvgIpc) is 3.01. The molecule has 0 atom stereocenters. The Labute approximate surface area is 167 Å². The van der Waals surface area contributed by atoms with Gasteiger partial charge in [0.2, 0.25) is 0 Å². The highest BCUT2D eigenvalue weighted by atomic mass is 35.5. The fourth-order valence-electron chi connectivity index (χ4n) is 3.58. The predicted octanol–water partition coefficient (Wildman–Crippen LogP) is 2.52. The van der Waals surface area contributed by atoms with Gasteiger partial charge in [0.05, 0.1) is 23.7 Å². The van der Waals surface area contributed by atoms with E-state index in [4.69, 9.17) is 16.3 Å². The molecule has 0 unspecified atom stereocenters. The van der Waals surface area contributed by atoms with Gasteiger partial charge in [-0.05, 0) is 31.9 Å². The molecule has 1 fully saturated rings. The zero-order chi connectivity index (χ0) is 20.3. The van der Waals surface area contributed by atoms with Crippen LogP contribution in [0.2, 0.25) is 5.02 Å². The Kier molecular flexibility index (Phi) is 6.51. The van der Waals surface area contributed by atoms with E-state index < -0.39 is 11.7 Å². The van der Waals surface area contributed by atoms with Crippen molar-refractivity contribution in [3.05, 3.63) is 50.9 Å². The van der Waals surface area contributed by atoms with Crippen molar-refractivity contribution in [1.82, 2.24) is 19.2 Å². The number of hydrogen-bond donors (Lipinski definition) is 0. The van der Waals surface area contributed by atoms with Crippen LogP contribution >= 0.6 is 11.6 Å². The number of nitrogens with zero attached hydrogens (tertiary/aromatic N) is 4. The molecule has 28 heavy (non-hydrogen) atoms. The van der Waals surface area contributed by atoms with E-state index in [9.17, 15) is 14.0 Å². The Morgan fingerprint density at radius 3 is 2.68 bits per heavy atom. The number of piperidine rings is 1. The van der Waals surface area contributed by atoms with Crippen molar-refractivity contribution in [2.75, 3.05) is 26.8 Å². The van der Waals surface area contributed by atoms with E-state index in [0.29, 0.717) is 45.6 Å².